The minimum Gasteiger partial charge on any atom is -0.481 e. The second-order valence-electron chi connectivity index (χ2n) is 3.93. The van der Waals surface area contributed by atoms with Gasteiger partial charge in [0.1, 0.15) is 12.2 Å². The smallest absolute Gasteiger partial charge is 0.306 e. The maximum atomic E-state index is 11.0. The van der Waals surface area contributed by atoms with Crippen LogP contribution in [0, 0.1) is 5.92 Å². The van der Waals surface area contributed by atoms with Gasteiger partial charge >= 0.3 is 5.97 Å². The molecule has 0 amide bonds. The normalized spacial score (nSPS) is 12.6. The highest BCUT2D eigenvalue weighted by atomic mass is 16.4. The summed E-state index contributed by atoms with van der Waals surface area (Å²) in [6, 6.07) is 0. The fraction of sp³-hybridized carbons (Fsp3) is 0.727. The van der Waals surface area contributed by atoms with E-state index in [2.05, 4.69) is 17.0 Å². The van der Waals surface area contributed by atoms with E-state index < -0.39 is 5.97 Å². The number of carbonyl (C=O) groups is 1. The van der Waals surface area contributed by atoms with Crippen molar-refractivity contribution in [3.8, 4) is 0 Å². The predicted octanol–water partition coefficient (Wildman–Crippen LogP) is 1.73. The van der Waals surface area contributed by atoms with Gasteiger partial charge < -0.3 is 5.11 Å². The average Bonchev–Trinajstić information content (AvgIpc) is 2.65. The third-order valence-corrected chi connectivity index (χ3v) is 2.55. The second kappa shape index (κ2) is 6.25. The first-order chi connectivity index (χ1) is 7.69. The molecule has 0 bridgehead atoms. The summed E-state index contributed by atoms with van der Waals surface area (Å²) >= 11 is 0. The first kappa shape index (κ1) is 12.7. The molecule has 0 spiro atoms. The van der Waals surface area contributed by atoms with E-state index in [9.17, 15) is 4.79 Å². The quantitative estimate of drug-likeness (QED) is 0.767. The number of hydrogen-bond donors (Lipinski definition) is 1. The van der Waals surface area contributed by atoms with Crippen LogP contribution in [0.4, 0.5) is 0 Å². The molecule has 0 aliphatic rings. The summed E-state index contributed by atoms with van der Waals surface area (Å²) in [5.74, 6) is -0.305. The second-order valence-corrected chi connectivity index (χ2v) is 3.93. The summed E-state index contributed by atoms with van der Waals surface area (Å²) < 4.78 is 1.80. The molecule has 5 nitrogen and oxygen atoms in total. The van der Waals surface area contributed by atoms with Crippen LogP contribution in [-0.4, -0.2) is 25.8 Å². The van der Waals surface area contributed by atoms with Gasteiger partial charge in [-0.2, -0.15) is 5.10 Å². The average molecular weight is 225 g/mol. The molecule has 0 aliphatic carbocycles. The number of aromatic nitrogens is 3. The van der Waals surface area contributed by atoms with Gasteiger partial charge in [-0.25, -0.2) is 4.98 Å². The predicted molar refractivity (Wildman–Crippen MR) is 60.1 cm³/mol. The highest BCUT2D eigenvalue weighted by Crippen LogP contribution is 2.13. The SMILES string of the molecule is CCCC(Cc1ncnn1CCC)C(=O)O. The molecule has 1 N–H and O–H groups in total. The first-order valence-electron chi connectivity index (χ1n) is 5.78. The molecule has 16 heavy (non-hydrogen) atoms. The van der Waals surface area contributed by atoms with Crippen molar-refractivity contribution < 1.29 is 9.90 Å². The van der Waals surface area contributed by atoms with Crippen LogP contribution in [0.5, 0.6) is 0 Å². The zero-order valence-electron chi connectivity index (χ0n) is 9.89. The Morgan fingerprint density at radius 1 is 1.50 bits per heavy atom. The van der Waals surface area contributed by atoms with Gasteiger partial charge in [-0.3, -0.25) is 9.48 Å². The van der Waals surface area contributed by atoms with E-state index in [-0.39, 0.29) is 5.92 Å². The Kier molecular flexibility index (Phi) is 4.95. The van der Waals surface area contributed by atoms with Crippen molar-refractivity contribution in [3.63, 3.8) is 0 Å². The molecule has 5 heteroatoms. The van der Waals surface area contributed by atoms with Gasteiger partial charge in [0.2, 0.25) is 0 Å². The molecular weight excluding hydrogens is 206 g/mol. The fourth-order valence-electron chi connectivity index (χ4n) is 1.73. The zero-order valence-corrected chi connectivity index (χ0v) is 9.89. The van der Waals surface area contributed by atoms with Crippen molar-refractivity contribution in [2.24, 2.45) is 5.92 Å². The van der Waals surface area contributed by atoms with Crippen LogP contribution >= 0.6 is 0 Å². The van der Waals surface area contributed by atoms with Crippen LogP contribution in [0.3, 0.4) is 0 Å². The molecule has 0 saturated heterocycles. The maximum absolute atomic E-state index is 11.0. The molecule has 1 aromatic rings. The van der Waals surface area contributed by atoms with E-state index in [0.717, 1.165) is 25.2 Å². The number of carboxylic acids is 1. The summed E-state index contributed by atoms with van der Waals surface area (Å²) in [5, 5.41) is 13.2. The van der Waals surface area contributed by atoms with Crippen LogP contribution in [-0.2, 0) is 17.8 Å². The van der Waals surface area contributed by atoms with E-state index >= 15 is 0 Å². The fourth-order valence-corrected chi connectivity index (χ4v) is 1.73. The van der Waals surface area contributed by atoms with E-state index in [0.29, 0.717) is 12.8 Å². The van der Waals surface area contributed by atoms with Gasteiger partial charge in [-0.15, -0.1) is 0 Å². The van der Waals surface area contributed by atoms with Gasteiger partial charge in [-0.05, 0) is 12.8 Å². The molecule has 0 saturated carbocycles. The van der Waals surface area contributed by atoms with Crippen molar-refractivity contribution in [1.82, 2.24) is 14.8 Å². The lowest BCUT2D eigenvalue weighted by molar-refractivity contribution is -0.142. The lowest BCUT2D eigenvalue weighted by Gasteiger charge is -2.11. The third kappa shape index (κ3) is 3.32. The van der Waals surface area contributed by atoms with Gasteiger partial charge in [-0.1, -0.05) is 20.3 Å². The van der Waals surface area contributed by atoms with Crippen molar-refractivity contribution in [1.29, 1.82) is 0 Å². The Labute approximate surface area is 95.5 Å². The summed E-state index contributed by atoms with van der Waals surface area (Å²) in [7, 11) is 0. The first-order valence-corrected chi connectivity index (χ1v) is 5.78. The molecular formula is C11H19N3O2. The summed E-state index contributed by atoms with van der Waals surface area (Å²) in [4.78, 5) is 15.2. The molecule has 90 valence electrons. The van der Waals surface area contributed by atoms with Crippen LogP contribution in [0.25, 0.3) is 0 Å². The lowest BCUT2D eigenvalue weighted by atomic mass is 10.00. The van der Waals surface area contributed by atoms with Crippen LogP contribution in [0.2, 0.25) is 0 Å². The number of carboxylic acid groups (broad SMARTS) is 1. The van der Waals surface area contributed by atoms with Crippen molar-refractivity contribution in [3.05, 3.63) is 12.2 Å². The van der Waals surface area contributed by atoms with E-state index in [1.54, 1.807) is 4.68 Å². The molecule has 0 aromatic carbocycles. The largest absolute Gasteiger partial charge is 0.481 e. The van der Waals surface area contributed by atoms with Crippen LogP contribution in [0.1, 0.15) is 38.9 Å². The van der Waals surface area contributed by atoms with E-state index in [4.69, 9.17) is 5.11 Å². The Balaban J connectivity index is 2.68. The van der Waals surface area contributed by atoms with Crippen molar-refractivity contribution in [2.45, 2.75) is 46.1 Å². The minimum absolute atomic E-state index is 0.343. The van der Waals surface area contributed by atoms with Gasteiger partial charge in [0.05, 0.1) is 5.92 Å². The molecule has 1 unspecified atom stereocenters. The third-order valence-electron chi connectivity index (χ3n) is 2.55. The van der Waals surface area contributed by atoms with Crippen molar-refractivity contribution in [2.75, 3.05) is 0 Å². The molecule has 0 radical (unpaired) electrons. The number of aryl methyl sites for hydroxylation is 1. The standard InChI is InChI=1S/C11H19N3O2/c1-3-5-9(11(15)16)7-10-12-8-13-14(10)6-4-2/h8-9H,3-7H2,1-2H3,(H,15,16). The number of rotatable bonds is 7. The van der Waals surface area contributed by atoms with E-state index in [1.165, 1.54) is 6.33 Å². The van der Waals surface area contributed by atoms with Crippen LogP contribution in [0.15, 0.2) is 6.33 Å². The highest BCUT2D eigenvalue weighted by molar-refractivity contribution is 5.70. The molecule has 1 aromatic heterocycles. The summed E-state index contributed by atoms with van der Waals surface area (Å²) in [5.41, 5.74) is 0. The number of hydrogen-bond acceptors (Lipinski definition) is 3. The Bertz CT molecular complexity index is 336. The van der Waals surface area contributed by atoms with Gasteiger partial charge in [0.25, 0.3) is 0 Å². The monoisotopic (exact) mass is 225 g/mol. The lowest BCUT2D eigenvalue weighted by Crippen LogP contribution is -2.19. The van der Waals surface area contributed by atoms with Crippen molar-refractivity contribution >= 4 is 5.97 Å². The van der Waals surface area contributed by atoms with Gasteiger partial charge in [0, 0.05) is 13.0 Å². The Morgan fingerprint density at radius 3 is 2.81 bits per heavy atom. The summed E-state index contributed by atoms with van der Waals surface area (Å²) in [6.45, 7) is 4.85. The van der Waals surface area contributed by atoms with E-state index in [1.807, 2.05) is 6.92 Å². The van der Waals surface area contributed by atoms with Gasteiger partial charge in [0.15, 0.2) is 0 Å². The molecule has 0 fully saturated rings. The molecule has 1 atom stereocenters. The Hall–Kier alpha value is -1.39. The number of nitrogens with zero attached hydrogens (tertiary/aromatic N) is 3. The molecule has 1 rings (SSSR count). The Morgan fingerprint density at radius 2 is 2.25 bits per heavy atom. The zero-order chi connectivity index (χ0) is 12.0. The maximum Gasteiger partial charge on any atom is 0.306 e. The summed E-state index contributed by atoms with van der Waals surface area (Å²) in [6.07, 6.45) is 4.51. The van der Waals surface area contributed by atoms with Crippen LogP contribution < -0.4 is 0 Å². The minimum atomic E-state index is -0.743. The molecule has 0 aliphatic heterocycles. The molecule has 1 heterocycles. The topological polar surface area (TPSA) is 68.0 Å². The number of aliphatic carboxylic acids is 1. The highest BCUT2D eigenvalue weighted by Gasteiger charge is 2.19.